The van der Waals surface area contributed by atoms with E-state index in [-0.39, 0.29) is 17.8 Å². The number of fused-ring (bicyclic) bond motifs is 1. The highest BCUT2D eigenvalue weighted by molar-refractivity contribution is 5.90. The summed E-state index contributed by atoms with van der Waals surface area (Å²) in [7, 11) is 2.99. The summed E-state index contributed by atoms with van der Waals surface area (Å²) in [4.78, 5) is 24.6. The van der Waals surface area contributed by atoms with Gasteiger partial charge in [0.05, 0.1) is 19.8 Å². The van der Waals surface area contributed by atoms with Gasteiger partial charge in [-0.15, -0.1) is 0 Å². The molecule has 0 radical (unpaired) electrons. The summed E-state index contributed by atoms with van der Waals surface area (Å²) >= 11 is 0. The molecular formula is C29H38N2O4. The van der Waals surface area contributed by atoms with E-state index in [0.717, 1.165) is 44.3 Å². The van der Waals surface area contributed by atoms with Crippen LogP contribution in [0.5, 0.6) is 5.75 Å². The molecule has 0 fully saturated rings. The van der Waals surface area contributed by atoms with Crippen LogP contribution in [0, 0.1) is 5.92 Å². The van der Waals surface area contributed by atoms with Gasteiger partial charge in [0, 0.05) is 42.5 Å². The molecule has 188 valence electrons. The van der Waals surface area contributed by atoms with Crippen LogP contribution < -0.4 is 10.1 Å². The molecule has 6 nitrogen and oxygen atoms in total. The van der Waals surface area contributed by atoms with Crippen molar-refractivity contribution in [2.45, 2.75) is 59.4 Å². The second kappa shape index (κ2) is 12.4. The first kappa shape index (κ1) is 26.3. The number of carbonyl (C=O) groups excluding carboxylic acids is 2. The van der Waals surface area contributed by atoms with Crippen molar-refractivity contribution in [3.8, 4) is 5.75 Å². The van der Waals surface area contributed by atoms with Crippen LogP contribution >= 0.6 is 0 Å². The topological polar surface area (TPSA) is 69.6 Å². The standard InChI is InChI=1S/C29H38N2O4/c1-6-13-30-28(32)21(8-3)15-20-9-12-26-25(16-20)24(19-31(26)14-7-2)17-22-10-11-23(29(33)35-5)18-27(22)34-4/h9-12,16,18-19,21H,6-8,13-15,17H2,1-5H3,(H,30,32). The van der Waals surface area contributed by atoms with Crippen LogP contribution in [0.25, 0.3) is 10.9 Å². The molecule has 0 spiro atoms. The molecule has 1 atom stereocenters. The molecule has 1 heterocycles. The van der Waals surface area contributed by atoms with E-state index in [1.807, 2.05) is 6.07 Å². The zero-order valence-corrected chi connectivity index (χ0v) is 21.6. The van der Waals surface area contributed by atoms with E-state index >= 15 is 0 Å². The zero-order valence-electron chi connectivity index (χ0n) is 21.6. The van der Waals surface area contributed by atoms with E-state index in [0.29, 0.717) is 17.7 Å². The Balaban J connectivity index is 1.96. The minimum Gasteiger partial charge on any atom is -0.496 e. The lowest BCUT2D eigenvalue weighted by molar-refractivity contribution is -0.125. The Hall–Kier alpha value is -3.28. The summed E-state index contributed by atoms with van der Waals surface area (Å²) < 4.78 is 12.8. The highest BCUT2D eigenvalue weighted by Gasteiger charge is 2.18. The van der Waals surface area contributed by atoms with E-state index in [2.05, 4.69) is 55.1 Å². The van der Waals surface area contributed by atoms with Gasteiger partial charge in [0.15, 0.2) is 0 Å². The molecule has 0 bridgehead atoms. The van der Waals surface area contributed by atoms with Gasteiger partial charge in [-0.2, -0.15) is 0 Å². The van der Waals surface area contributed by atoms with Gasteiger partial charge >= 0.3 is 5.97 Å². The molecule has 35 heavy (non-hydrogen) atoms. The van der Waals surface area contributed by atoms with E-state index in [1.165, 1.54) is 29.1 Å². The van der Waals surface area contributed by atoms with Gasteiger partial charge in [0.2, 0.25) is 5.91 Å². The van der Waals surface area contributed by atoms with Gasteiger partial charge in [-0.3, -0.25) is 4.79 Å². The molecule has 1 amide bonds. The maximum Gasteiger partial charge on any atom is 0.337 e. The van der Waals surface area contributed by atoms with E-state index in [1.54, 1.807) is 19.2 Å². The molecule has 1 aromatic heterocycles. The number of nitrogens with zero attached hydrogens (tertiary/aromatic N) is 1. The Labute approximate surface area is 208 Å². The number of methoxy groups -OCH3 is 2. The van der Waals surface area contributed by atoms with Crippen molar-refractivity contribution in [2.24, 2.45) is 5.92 Å². The number of aromatic nitrogens is 1. The summed E-state index contributed by atoms with van der Waals surface area (Å²) in [5.74, 6) is 0.381. The monoisotopic (exact) mass is 478 g/mol. The van der Waals surface area contributed by atoms with Crippen LogP contribution in [0.4, 0.5) is 0 Å². The quantitative estimate of drug-likeness (QED) is 0.348. The molecule has 0 aliphatic rings. The zero-order chi connectivity index (χ0) is 25.4. The normalized spacial score (nSPS) is 11.9. The van der Waals surface area contributed by atoms with Gasteiger partial charge in [-0.25, -0.2) is 4.79 Å². The smallest absolute Gasteiger partial charge is 0.337 e. The number of hydrogen-bond donors (Lipinski definition) is 1. The number of rotatable bonds is 12. The van der Waals surface area contributed by atoms with Crippen LogP contribution in [-0.4, -0.2) is 37.2 Å². The number of benzene rings is 2. The van der Waals surface area contributed by atoms with Gasteiger partial charge in [-0.1, -0.05) is 32.9 Å². The maximum absolute atomic E-state index is 12.6. The summed E-state index contributed by atoms with van der Waals surface area (Å²) in [6.07, 6.45) is 6.40. The molecule has 6 heteroatoms. The van der Waals surface area contributed by atoms with Crippen molar-refractivity contribution in [3.63, 3.8) is 0 Å². The Morgan fingerprint density at radius 2 is 1.80 bits per heavy atom. The molecule has 0 saturated carbocycles. The minimum atomic E-state index is -0.382. The second-order valence-electron chi connectivity index (χ2n) is 8.99. The second-order valence-corrected chi connectivity index (χ2v) is 8.99. The van der Waals surface area contributed by atoms with Crippen molar-refractivity contribution in [1.29, 1.82) is 0 Å². The minimum absolute atomic E-state index is 0.0360. The molecule has 1 unspecified atom stereocenters. The highest BCUT2D eigenvalue weighted by Crippen LogP contribution is 2.30. The van der Waals surface area contributed by atoms with Gasteiger partial charge in [-0.05, 0) is 66.6 Å². The summed E-state index contributed by atoms with van der Waals surface area (Å²) in [6.45, 7) is 7.97. The van der Waals surface area contributed by atoms with Crippen LogP contribution in [0.2, 0.25) is 0 Å². The lowest BCUT2D eigenvalue weighted by Crippen LogP contribution is -2.32. The SMILES string of the molecule is CCCNC(=O)C(CC)Cc1ccc2c(c1)c(Cc1ccc(C(=O)OC)cc1OC)cn2CCC. The largest absolute Gasteiger partial charge is 0.496 e. The molecule has 1 N–H and O–H groups in total. The van der Waals surface area contributed by atoms with Gasteiger partial charge in [0.1, 0.15) is 5.75 Å². The Bertz CT molecular complexity index is 1160. The fourth-order valence-corrected chi connectivity index (χ4v) is 4.55. The first-order valence-corrected chi connectivity index (χ1v) is 12.6. The number of ether oxygens (including phenoxy) is 2. The molecule has 0 aliphatic heterocycles. The average molecular weight is 479 g/mol. The van der Waals surface area contributed by atoms with Crippen LogP contribution in [0.15, 0.2) is 42.6 Å². The highest BCUT2D eigenvalue weighted by atomic mass is 16.5. The fraction of sp³-hybridized carbons (Fsp3) is 0.448. The number of esters is 1. The maximum atomic E-state index is 12.6. The molecule has 3 rings (SSSR count). The lowest BCUT2D eigenvalue weighted by atomic mass is 9.94. The Morgan fingerprint density at radius 3 is 2.46 bits per heavy atom. The summed E-state index contributed by atoms with van der Waals surface area (Å²) in [5.41, 5.74) is 5.03. The average Bonchev–Trinajstić information content (AvgIpc) is 3.21. The van der Waals surface area contributed by atoms with Crippen molar-refractivity contribution in [1.82, 2.24) is 9.88 Å². The number of carbonyl (C=O) groups is 2. The van der Waals surface area contributed by atoms with Gasteiger partial charge in [0.25, 0.3) is 0 Å². The van der Waals surface area contributed by atoms with E-state index in [4.69, 9.17) is 9.47 Å². The number of hydrogen-bond acceptors (Lipinski definition) is 4. The molecule has 0 aliphatic carbocycles. The van der Waals surface area contributed by atoms with Crippen molar-refractivity contribution < 1.29 is 19.1 Å². The fourth-order valence-electron chi connectivity index (χ4n) is 4.55. The first-order chi connectivity index (χ1) is 16.9. The molecule has 0 saturated heterocycles. The van der Waals surface area contributed by atoms with E-state index < -0.39 is 0 Å². The van der Waals surface area contributed by atoms with Crippen LogP contribution in [-0.2, 0) is 28.9 Å². The van der Waals surface area contributed by atoms with Gasteiger partial charge < -0.3 is 19.4 Å². The third-order valence-electron chi connectivity index (χ3n) is 6.48. The van der Waals surface area contributed by atoms with Crippen molar-refractivity contribution in [3.05, 3.63) is 64.8 Å². The van der Waals surface area contributed by atoms with Crippen LogP contribution in [0.1, 0.15) is 67.1 Å². The third-order valence-corrected chi connectivity index (χ3v) is 6.48. The molecule has 3 aromatic rings. The molecular weight excluding hydrogens is 440 g/mol. The van der Waals surface area contributed by atoms with Crippen molar-refractivity contribution in [2.75, 3.05) is 20.8 Å². The number of aryl methyl sites for hydroxylation is 1. The first-order valence-electron chi connectivity index (χ1n) is 12.6. The molecule has 2 aromatic carbocycles. The third kappa shape index (κ3) is 6.24. The predicted octanol–water partition coefficient (Wildman–Crippen LogP) is 5.53. The summed E-state index contributed by atoms with van der Waals surface area (Å²) in [5, 5.41) is 4.24. The Morgan fingerprint density at radius 1 is 1.00 bits per heavy atom. The number of amides is 1. The number of nitrogens with one attached hydrogen (secondary N) is 1. The Kier molecular flexibility index (Phi) is 9.35. The van der Waals surface area contributed by atoms with E-state index in [9.17, 15) is 9.59 Å². The lowest BCUT2D eigenvalue weighted by Gasteiger charge is -2.15. The summed E-state index contributed by atoms with van der Waals surface area (Å²) in [6, 6.07) is 12.0. The predicted molar refractivity (Wildman–Crippen MR) is 140 cm³/mol. The van der Waals surface area contributed by atoms with Crippen molar-refractivity contribution >= 4 is 22.8 Å². The van der Waals surface area contributed by atoms with Crippen LogP contribution in [0.3, 0.4) is 0 Å².